The Kier molecular flexibility index (Phi) is 3.73. The number of anilines is 1. The average molecular weight is 372 g/mol. The van der Waals surface area contributed by atoms with Gasteiger partial charge in [-0.2, -0.15) is 5.26 Å². The molecule has 116 valence electrons. The predicted molar refractivity (Wildman–Crippen MR) is 76.3 cm³/mol. The highest BCUT2D eigenvalue weighted by Gasteiger charge is 2.46. The van der Waals surface area contributed by atoms with E-state index in [2.05, 4.69) is 25.9 Å². The Balaban J connectivity index is 2.23. The topological polar surface area (TPSA) is 130 Å². The summed E-state index contributed by atoms with van der Waals surface area (Å²) >= 11 is 3.21. The van der Waals surface area contributed by atoms with Gasteiger partial charge in [0.25, 0.3) is 0 Å². The number of ether oxygens (including phenoxy) is 1. The van der Waals surface area contributed by atoms with Gasteiger partial charge in [0.15, 0.2) is 12.4 Å². The maximum absolute atomic E-state index is 14.3. The lowest BCUT2D eigenvalue weighted by Crippen LogP contribution is -2.30. The number of nitrogen functional groups attached to an aromatic ring is 1. The third kappa shape index (κ3) is 1.98. The van der Waals surface area contributed by atoms with Crippen LogP contribution >= 0.6 is 15.9 Å². The zero-order valence-electron chi connectivity index (χ0n) is 11.0. The number of nitriles is 1. The molecule has 0 spiro atoms. The molecule has 4 N–H and O–H groups in total. The van der Waals surface area contributed by atoms with E-state index in [1.165, 1.54) is 10.9 Å². The Bertz CT molecular complexity index is 776. The molecular weight excluding hydrogens is 361 g/mol. The van der Waals surface area contributed by atoms with Gasteiger partial charge in [0.1, 0.15) is 40.7 Å². The van der Waals surface area contributed by atoms with Crippen molar-refractivity contribution in [3.05, 3.63) is 16.5 Å². The van der Waals surface area contributed by atoms with Crippen molar-refractivity contribution in [2.45, 2.75) is 24.6 Å². The van der Waals surface area contributed by atoms with Crippen molar-refractivity contribution in [1.82, 2.24) is 14.5 Å². The number of fused-ring (bicyclic) bond motifs is 1. The Morgan fingerprint density at radius 3 is 2.86 bits per heavy atom. The molecule has 0 aliphatic carbocycles. The Morgan fingerprint density at radius 2 is 2.27 bits per heavy atom. The van der Waals surface area contributed by atoms with Gasteiger partial charge in [-0.15, -0.1) is 0 Å². The molecule has 0 saturated carbocycles. The number of hydrogen-bond donors (Lipinski definition) is 3. The maximum atomic E-state index is 14.3. The third-order valence-electron chi connectivity index (χ3n) is 3.59. The highest BCUT2D eigenvalue weighted by Crippen LogP contribution is 2.40. The molecule has 1 saturated heterocycles. The van der Waals surface area contributed by atoms with Gasteiger partial charge in [0.2, 0.25) is 0 Å². The molecule has 1 aliphatic rings. The molecule has 1 aliphatic heterocycles. The molecule has 2 aromatic heterocycles. The van der Waals surface area contributed by atoms with E-state index in [-0.39, 0.29) is 27.0 Å². The van der Waals surface area contributed by atoms with E-state index in [0.717, 1.165) is 0 Å². The van der Waals surface area contributed by atoms with Crippen molar-refractivity contribution in [3.63, 3.8) is 0 Å². The summed E-state index contributed by atoms with van der Waals surface area (Å²) in [5, 5.41) is 28.4. The van der Waals surface area contributed by atoms with Gasteiger partial charge in [-0.05, 0) is 15.9 Å². The summed E-state index contributed by atoms with van der Waals surface area (Å²) in [6.45, 7) is -0.531. The van der Waals surface area contributed by atoms with Crippen molar-refractivity contribution in [3.8, 4) is 6.07 Å². The fourth-order valence-corrected chi connectivity index (χ4v) is 3.18. The van der Waals surface area contributed by atoms with E-state index in [4.69, 9.17) is 15.6 Å². The first-order valence-electron chi connectivity index (χ1n) is 6.29. The molecule has 2 aromatic rings. The Labute approximate surface area is 132 Å². The maximum Gasteiger partial charge on any atom is 0.173 e. The lowest BCUT2D eigenvalue weighted by Gasteiger charge is -2.17. The van der Waals surface area contributed by atoms with Gasteiger partial charge in [-0.25, -0.2) is 14.4 Å². The van der Waals surface area contributed by atoms with Crippen molar-refractivity contribution in [1.29, 1.82) is 5.26 Å². The number of nitrogens with zero attached hydrogens (tertiary/aromatic N) is 4. The van der Waals surface area contributed by atoms with Crippen LogP contribution in [0.2, 0.25) is 0 Å². The first-order valence-corrected chi connectivity index (χ1v) is 7.09. The third-order valence-corrected chi connectivity index (χ3v) is 4.37. The van der Waals surface area contributed by atoms with Crippen LogP contribution < -0.4 is 5.73 Å². The van der Waals surface area contributed by atoms with Crippen molar-refractivity contribution in [2.24, 2.45) is 0 Å². The molecule has 0 amide bonds. The number of rotatable bonds is 2. The molecule has 1 fully saturated rings. The monoisotopic (exact) mass is 371 g/mol. The number of alkyl halides is 1. The van der Waals surface area contributed by atoms with Crippen LogP contribution in [-0.4, -0.2) is 49.7 Å². The van der Waals surface area contributed by atoms with Crippen LogP contribution in [0.1, 0.15) is 11.8 Å². The quantitative estimate of drug-likeness (QED) is 0.688. The van der Waals surface area contributed by atoms with Gasteiger partial charge < -0.3 is 20.7 Å². The predicted octanol–water partition coefficient (Wildman–Crippen LogP) is 0.236. The number of aromatic nitrogens is 3. The van der Waals surface area contributed by atoms with Gasteiger partial charge in [0, 0.05) is 0 Å². The molecule has 4 atom stereocenters. The zero-order chi connectivity index (χ0) is 16.0. The second-order valence-electron chi connectivity index (χ2n) is 4.79. The van der Waals surface area contributed by atoms with Crippen LogP contribution in [0.3, 0.4) is 0 Å². The molecule has 8 nitrogen and oxygen atoms in total. The Morgan fingerprint density at radius 1 is 1.55 bits per heavy atom. The van der Waals surface area contributed by atoms with Crippen molar-refractivity contribution >= 4 is 32.8 Å². The summed E-state index contributed by atoms with van der Waals surface area (Å²) < 4.78 is 21.2. The van der Waals surface area contributed by atoms with Crippen molar-refractivity contribution < 1.29 is 19.3 Å². The SMILES string of the molecule is N#Cc1c(Br)n([C@H]2O[C@H](CO)[C@@H](O)[C@@H]2F)c2ncnc(N)c12. The molecule has 0 radical (unpaired) electrons. The minimum Gasteiger partial charge on any atom is -0.394 e. The van der Waals surface area contributed by atoms with Gasteiger partial charge in [0.05, 0.1) is 17.6 Å². The summed E-state index contributed by atoms with van der Waals surface area (Å²) in [6, 6.07) is 1.96. The van der Waals surface area contributed by atoms with Crippen LogP contribution in [0.25, 0.3) is 11.0 Å². The van der Waals surface area contributed by atoms with Gasteiger partial charge in [-0.1, -0.05) is 0 Å². The highest BCUT2D eigenvalue weighted by molar-refractivity contribution is 9.10. The molecule has 22 heavy (non-hydrogen) atoms. The molecule has 0 bridgehead atoms. The number of halogens is 2. The lowest BCUT2D eigenvalue weighted by molar-refractivity contribution is -0.0465. The summed E-state index contributed by atoms with van der Waals surface area (Å²) in [4.78, 5) is 7.85. The highest BCUT2D eigenvalue weighted by atomic mass is 79.9. The summed E-state index contributed by atoms with van der Waals surface area (Å²) in [5.74, 6) is 0.0775. The minimum absolute atomic E-state index is 0.0775. The second-order valence-corrected chi connectivity index (χ2v) is 5.54. The number of aliphatic hydroxyl groups is 2. The van der Waals surface area contributed by atoms with Crippen LogP contribution in [0.5, 0.6) is 0 Å². The van der Waals surface area contributed by atoms with Crippen LogP contribution in [-0.2, 0) is 4.74 Å². The summed E-state index contributed by atoms with van der Waals surface area (Å²) in [6.07, 6.45) is -4.41. The van der Waals surface area contributed by atoms with Crippen molar-refractivity contribution in [2.75, 3.05) is 12.3 Å². The van der Waals surface area contributed by atoms with E-state index < -0.39 is 31.2 Å². The molecular formula is C12H11BrFN5O3. The molecule has 3 heterocycles. The standard InChI is InChI=1S/C12H11BrFN5O3/c13-9-4(1-15)6-10(16)17-3-18-11(6)19(9)12-7(14)8(21)5(2-20)22-12/h3,5,7-8,12,20-21H,2H2,(H2,16,17,18)/t5-,7+,8-,12+/m1/s1. The molecule has 0 unspecified atom stereocenters. The second kappa shape index (κ2) is 5.44. The lowest BCUT2D eigenvalue weighted by atomic mass is 10.1. The zero-order valence-corrected chi connectivity index (χ0v) is 12.6. The summed E-state index contributed by atoms with van der Waals surface area (Å²) in [5.41, 5.74) is 6.12. The Hall–Kier alpha value is -1.80. The fraction of sp³-hybridized carbons (Fsp3) is 0.417. The van der Waals surface area contributed by atoms with Gasteiger partial charge in [-0.3, -0.25) is 4.57 Å². The largest absolute Gasteiger partial charge is 0.394 e. The number of aliphatic hydroxyl groups excluding tert-OH is 2. The number of hydrogen-bond acceptors (Lipinski definition) is 7. The molecule has 0 aromatic carbocycles. The van der Waals surface area contributed by atoms with Crippen LogP contribution in [0.15, 0.2) is 10.9 Å². The van der Waals surface area contributed by atoms with Crippen LogP contribution in [0.4, 0.5) is 10.2 Å². The molecule has 3 rings (SSSR count). The van der Waals surface area contributed by atoms with E-state index >= 15 is 0 Å². The first-order chi connectivity index (χ1) is 10.5. The fourth-order valence-electron chi connectivity index (χ4n) is 2.53. The normalized spacial score (nSPS) is 28.1. The summed E-state index contributed by atoms with van der Waals surface area (Å²) in [7, 11) is 0. The smallest absolute Gasteiger partial charge is 0.173 e. The van der Waals surface area contributed by atoms with E-state index in [0.29, 0.717) is 0 Å². The van der Waals surface area contributed by atoms with E-state index in [1.54, 1.807) is 0 Å². The average Bonchev–Trinajstić information content (AvgIpc) is 2.95. The van der Waals surface area contributed by atoms with E-state index in [1.807, 2.05) is 6.07 Å². The number of nitrogens with two attached hydrogens (primary N) is 1. The van der Waals surface area contributed by atoms with Crippen LogP contribution in [0, 0.1) is 11.3 Å². The van der Waals surface area contributed by atoms with Gasteiger partial charge >= 0.3 is 0 Å². The first kappa shape index (κ1) is 15.1. The minimum atomic E-state index is -1.80. The molecule has 10 heteroatoms. The van der Waals surface area contributed by atoms with E-state index in [9.17, 15) is 14.8 Å².